The highest BCUT2D eigenvalue weighted by Crippen LogP contribution is 2.26. The number of carbonyl (C=O) groups is 1. The van der Waals surface area contributed by atoms with E-state index in [0.717, 1.165) is 0 Å². The Kier molecular flexibility index (Phi) is 2.26. The van der Waals surface area contributed by atoms with Crippen molar-refractivity contribution >= 4 is 17.4 Å². The lowest BCUT2D eigenvalue weighted by Gasteiger charge is -2.15. The largest absolute Gasteiger partial charge is 0.394 e. The van der Waals surface area contributed by atoms with Crippen molar-refractivity contribution in [3.63, 3.8) is 0 Å². The third-order valence-corrected chi connectivity index (χ3v) is 2.33. The van der Waals surface area contributed by atoms with Gasteiger partial charge in [0.05, 0.1) is 11.9 Å². The first-order valence-electron chi connectivity index (χ1n) is 4.54. The molecule has 0 aliphatic carbocycles. The van der Waals surface area contributed by atoms with Crippen molar-refractivity contribution in [2.24, 2.45) is 5.92 Å². The molecule has 2 rings (SSSR count). The summed E-state index contributed by atoms with van der Waals surface area (Å²) in [6.07, 6.45) is 8.48. The molecule has 0 saturated carbocycles. The zero-order valence-electron chi connectivity index (χ0n) is 8.05. The van der Waals surface area contributed by atoms with Crippen LogP contribution in [0.3, 0.4) is 0 Å². The molecule has 2 heterocycles. The number of hydrogen-bond donors (Lipinski definition) is 1. The van der Waals surface area contributed by atoms with E-state index in [4.69, 9.17) is 12.2 Å². The normalized spacial score (nSPS) is 20.3. The number of anilines is 2. The Hall–Kier alpha value is -2.09. The Bertz CT molecular complexity index is 437. The highest BCUT2D eigenvalue weighted by Gasteiger charge is 2.31. The summed E-state index contributed by atoms with van der Waals surface area (Å²) in [5.74, 6) is 2.93. The number of nitrogen functional groups attached to an aromatic ring is 1. The summed E-state index contributed by atoms with van der Waals surface area (Å²) in [4.78, 5) is 20.9. The summed E-state index contributed by atoms with van der Waals surface area (Å²) in [7, 11) is 0. The molecule has 1 saturated heterocycles. The van der Waals surface area contributed by atoms with E-state index in [0.29, 0.717) is 24.5 Å². The molecule has 5 nitrogen and oxygen atoms in total. The second-order valence-electron chi connectivity index (χ2n) is 3.37. The predicted molar refractivity (Wildman–Crippen MR) is 55.7 cm³/mol. The van der Waals surface area contributed by atoms with Crippen molar-refractivity contribution in [2.45, 2.75) is 6.42 Å². The van der Waals surface area contributed by atoms with Gasteiger partial charge in [-0.2, -0.15) is 0 Å². The molecule has 0 bridgehead atoms. The van der Waals surface area contributed by atoms with Crippen LogP contribution in [0.15, 0.2) is 12.5 Å². The third kappa shape index (κ3) is 1.62. The van der Waals surface area contributed by atoms with E-state index in [1.54, 1.807) is 0 Å². The van der Waals surface area contributed by atoms with Crippen LogP contribution in [0, 0.1) is 18.3 Å². The Morgan fingerprint density at radius 3 is 3.07 bits per heavy atom. The molecular weight excluding hydrogens is 192 g/mol. The van der Waals surface area contributed by atoms with Crippen LogP contribution < -0.4 is 10.6 Å². The molecule has 1 aromatic rings. The Labute approximate surface area is 87.3 Å². The van der Waals surface area contributed by atoms with Gasteiger partial charge in [0, 0.05) is 18.9 Å². The number of hydrogen-bond acceptors (Lipinski definition) is 4. The third-order valence-electron chi connectivity index (χ3n) is 2.33. The van der Waals surface area contributed by atoms with Gasteiger partial charge in [-0.05, 0) is 0 Å². The highest BCUT2D eigenvalue weighted by molar-refractivity contribution is 5.97. The summed E-state index contributed by atoms with van der Waals surface area (Å²) < 4.78 is 0. The van der Waals surface area contributed by atoms with Gasteiger partial charge in [-0.1, -0.05) is 0 Å². The van der Waals surface area contributed by atoms with E-state index in [1.807, 2.05) is 0 Å². The Morgan fingerprint density at radius 2 is 2.47 bits per heavy atom. The minimum absolute atomic E-state index is 0.0386. The van der Waals surface area contributed by atoms with Crippen molar-refractivity contribution in [1.29, 1.82) is 0 Å². The van der Waals surface area contributed by atoms with Gasteiger partial charge in [-0.3, -0.25) is 9.69 Å². The van der Waals surface area contributed by atoms with Gasteiger partial charge in [0.15, 0.2) is 5.82 Å². The van der Waals surface area contributed by atoms with E-state index >= 15 is 0 Å². The first-order chi connectivity index (χ1) is 7.22. The zero-order valence-corrected chi connectivity index (χ0v) is 8.05. The first-order valence-corrected chi connectivity index (χ1v) is 4.54. The number of carbonyl (C=O) groups excluding carboxylic acids is 1. The maximum atomic E-state index is 11.6. The maximum absolute atomic E-state index is 11.6. The van der Waals surface area contributed by atoms with Gasteiger partial charge in [0.25, 0.3) is 0 Å². The molecule has 1 unspecified atom stereocenters. The smallest absolute Gasteiger partial charge is 0.229 e. The van der Waals surface area contributed by atoms with Gasteiger partial charge in [0.2, 0.25) is 5.91 Å². The van der Waals surface area contributed by atoms with E-state index in [9.17, 15) is 4.79 Å². The molecule has 1 aromatic heterocycles. The summed E-state index contributed by atoms with van der Waals surface area (Å²) in [6, 6.07) is 0. The number of rotatable bonds is 1. The topological polar surface area (TPSA) is 72.1 Å². The lowest BCUT2D eigenvalue weighted by molar-refractivity contribution is -0.117. The summed E-state index contributed by atoms with van der Waals surface area (Å²) in [5.41, 5.74) is 6.07. The lowest BCUT2D eigenvalue weighted by Crippen LogP contribution is -2.26. The van der Waals surface area contributed by atoms with Crippen LogP contribution in [-0.4, -0.2) is 22.4 Å². The number of amides is 1. The molecule has 2 N–H and O–H groups in total. The second kappa shape index (κ2) is 3.58. The second-order valence-corrected chi connectivity index (χ2v) is 3.37. The molecule has 1 fully saturated rings. The molecule has 76 valence electrons. The SMILES string of the molecule is C#CC1CC(=O)N(c2ncncc2N)C1. The van der Waals surface area contributed by atoms with E-state index < -0.39 is 0 Å². The predicted octanol–water partition coefficient (Wildman–Crippen LogP) is 0.0449. The van der Waals surface area contributed by atoms with Crippen molar-refractivity contribution < 1.29 is 4.79 Å². The lowest BCUT2D eigenvalue weighted by atomic mass is 10.1. The number of aromatic nitrogens is 2. The minimum Gasteiger partial charge on any atom is -0.394 e. The van der Waals surface area contributed by atoms with Gasteiger partial charge >= 0.3 is 0 Å². The fourth-order valence-electron chi connectivity index (χ4n) is 1.58. The highest BCUT2D eigenvalue weighted by atomic mass is 16.2. The van der Waals surface area contributed by atoms with Crippen LogP contribution in [0.4, 0.5) is 11.5 Å². The van der Waals surface area contributed by atoms with Crippen LogP contribution >= 0.6 is 0 Å². The van der Waals surface area contributed by atoms with Crippen LogP contribution in [0.5, 0.6) is 0 Å². The van der Waals surface area contributed by atoms with Crippen LogP contribution in [0.25, 0.3) is 0 Å². The summed E-state index contributed by atoms with van der Waals surface area (Å²) in [6.45, 7) is 0.483. The molecular formula is C10H10N4O. The van der Waals surface area contributed by atoms with Crippen molar-refractivity contribution in [3.8, 4) is 12.3 Å². The molecule has 0 spiro atoms. The molecule has 15 heavy (non-hydrogen) atoms. The van der Waals surface area contributed by atoms with E-state index in [1.165, 1.54) is 17.4 Å². The standard InChI is InChI=1S/C10H10N4O/c1-2-7-3-9(15)14(5-7)10-8(11)4-12-6-13-10/h1,4,6-7H,3,5,11H2. The molecule has 1 atom stereocenters. The maximum Gasteiger partial charge on any atom is 0.229 e. The number of terminal acetylenes is 1. The molecule has 1 aliphatic rings. The van der Waals surface area contributed by atoms with Crippen molar-refractivity contribution in [2.75, 3.05) is 17.2 Å². The summed E-state index contributed by atoms with van der Waals surface area (Å²) >= 11 is 0. The fraction of sp³-hybridized carbons (Fsp3) is 0.300. The van der Waals surface area contributed by atoms with Gasteiger partial charge in [-0.25, -0.2) is 9.97 Å². The monoisotopic (exact) mass is 202 g/mol. The molecule has 0 aromatic carbocycles. The molecule has 1 aliphatic heterocycles. The van der Waals surface area contributed by atoms with Gasteiger partial charge in [-0.15, -0.1) is 12.3 Å². The average molecular weight is 202 g/mol. The van der Waals surface area contributed by atoms with Crippen LogP contribution in [-0.2, 0) is 4.79 Å². The van der Waals surface area contributed by atoms with Crippen LogP contribution in [0.2, 0.25) is 0 Å². The quantitative estimate of drug-likeness (QED) is 0.653. The number of nitrogens with zero attached hydrogens (tertiary/aromatic N) is 3. The minimum atomic E-state index is -0.0492. The van der Waals surface area contributed by atoms with Crippen molar-refractivity contribution in [3.05, 3.63) is 12.5 Å². The first kappa shape index (κ1) is 9.46. The fourth-order valence-corrected chi connectivity index (χ4v) is 1.58. The molecule has 0 radical (unpaired) electrons. The molecule has 1 amide bonds. The van der Waals surface area contributed by atoms with Gasteiger partial charge < -0.3 is 5.73 Å². The summed E-state index contributed by atoms with van der Waals surface area (Å²) in [5, 5.41) is 0. The van der Waals surface area contributed by atoms with E-state index in [-0.39, 0.29) is 11.8 Å². The van der Waals surface area contributed by atoms with Crippen molar-refractivity contribution in [1.82, 2.24) is 9.97 Å². The Morgan fingerprint density at radius 1 is 1.67 bits per heavy atom. The molecule has 5 heteroatoms. The average Bonchev–Trinajstić information content (AvgIpc) is 2.60. The number of nitrogens with two attached hydrogens (primary N) is 1. The van der Waals surface area contributed by atoms with Crippen LogP contribution in [0.1, 0.15) is 6.42 Å². The van der Waals surface area contributed by atoms with E-state index in [2.05, 4.69) is 15.9 Å². The Balaban J connectivity index is 2.30. The zero-order chi connectivity index (χ0) is 10.8. The van der Waals surface area contributed by atoms with Gasteiger partial charge in [0.1, 0.15) is 6.33 Å².